The highest BCUT2D eigenvalue weighted by Gasteiger charge is 2.30. The third-order valence-corrected chi connectivity index (χ3v) is 5.17. The Kier molecular flexibility index (Phi) is 6.85. The SMILES string of the molecule is COC(=O)c1c(C)[nH]c(C(=O)[C@H](C)[NH+](C)Cc2ccc(OC)cc2OC)c1C. The van der Waals surface area contributed by atoms with Gasteiger partial charge in [0.2, 0.25) is 5.78 Å². The van der Waals surface area contributed by atoms with Gasteiger partial charge in [0.15, 0.2) is 6.04 Å². The zero-order valence-electron chi connectivity index (χ0n) is 17.6. The summed E-state index contributed by atoms with van der Waals surface area (Å²) in [6.45, 7) is 6.00. The molecule has 28 heavy (non-hydrogen) atoms. The Labute approximate surface area is 165 Å². The van der Waals surface area contributed by atoms with E-state index in [1.165, 1.54) is 7.11 Å². The van der Waals surface area contributed by atoms with Gasteiger partial charge >= 0.3 is 5.97 Å². The van der Waals surface area contributed by atoms with Crippen LogP contribution in [-0.2, 0) is 11.3 Å². The van der Waals surface area contributed by atoms with Crippen LogP contribution < -0.4 is 14.4 Å². The van der Waals surface area contributed by atoms with Crippen LogP contribution in [0.2, 0.25) is 0 Å². The van der Waals surface area contributed by atoms with Gasteiger partial charge in [-0.3, -0.25) is 4.79 Å². The van der Waals surface area contributed by atoms with Crippen LogP contribution in [0.25, 0.3) is 0 Å². The minimum Gasteiger partial charge on any atom is -0.497 e. The standard InChI is InChI=1S/C21H28N2O5/c1-12-18(21(25)28-7)13(2)22-19(12)20(24)14(3)23(4)11-15-8-9-16(26-5)10-17(15)27-6/h8-10,14,22H,11H2,1-7H3/p+1/t14-/m0/s1. The molecule has 1 heterocycles. The van der Waals surface area contributed by atoms with Crippen LogP contribution in [0.3, 0.4) is 0 Å². The number of aryl methyl sites for hydroxylation is 1. The van der Waals surface area contributed by atoms with Gasteiger partial charge in [-0.15, -0.1) is 0 Å². The Morgan fingerprint density at radius 2 is 1.82 bits per heavy atom. The molecule has 0 aliphatic rings. The van der Waals surface area contributed by atoms with Crippen molar-refractivity contribution < 1.29 is 28.7 Å². The Morgan fingerprint density at radius 1 is 1.14 bits per heavy atom. The number of carbonyl (C=O) groups excluding carboxylic acids is 2. The zero-order chi connectivity index (χ0) is 21.0. The summed E-state index contributed by atoms with van der Waals surface area (Å²) >= 11 is 0. The number of hydrogen-bond acceptors (Lipinski definition) is 5. The number of ether oxygens (including phenoxy) is 3. The van der Waals surface area contributed by atoms with Crippen molar-refractivity contribution in [3.8, 4) is 11.5 Å². The average molecular weight is 389 g/mol. The molecular weight excluding hydrogens is 360 g/mol. The molecular formula is C21H29N2O5+. The molecule has 1 aromatic heterocycles. The van der Waals surface area contributed by atoms with E-state index in [4.69, 9.17) is 14.2 Å². The van der Waals surface area contributed by atoms with E-state index < -0.39 is 5.97 Å². The van der Waals surface area contributed by atoms with Gasteiger partial charge < -0.3 is 24.1 Å². The van der Waals surface area contributed by atoms with Crippen LogP contribution >= 0.6 is 0 Å². The van der Waals surface area contributed by atoms with Crippen molar-refractivity contribution in [2.45, 2.75) is 33.4 Å². The van der Waals surface area contributed by atoms with Crippen LogP contribution in [0.1, 0.15) is 44.6 Å². The van der Waals surface area contributed by atoms with Gasteiger partial charge in [0, 0.05) is 17.3 Å². The molecule has 2 rings (SSSR count). The van der Waals surface area contributed by atoms with Crippen molar-refractivity contribution in [3.05, 3.63) is 46.3 Å². The van der Waals surface area contributed by atoms with Crippen molar-refractivity contribution in [1.29, 1.82) is 0 Å². The summed E-state index contributed by atoms with van der Waals surface area (Å²) in [5.41, 5.74) is 3.11. The van der Waals surface area contributed by atoms with Crippen molar-refractivity contribution in [1.82, 2.24) is 4.98 Å². The fraction of sp³-hybridized carbons (Fsp3) is 0.429. The van der Waals surface area contributed by atoms with E-state index in [2.05, 4.69) is 4.98 Å². The Morgan fingerprint density at radius 3 is 2.39 bits per heavy atom. The molecule has 0 fully saturated rings. The molecule has 152 valence electrons. The first kappa shape index (κ1) is 21.5. The Bertz CT molecular complexity index is 872. The maximum absolute atomic E-state index is 13.1. The van der Waals surface area contributed by atoms with Crippen LogP contribution in [0.4, 0.5) is 0 Å². The lowest BCUT2D eigenvalue weighted by atomic mass is 10.0. The lowest BCUT2D eigenvalue weighted by Crippen LogP contribution is -3.12. The van der Waals surface area contributed by atoms with Gasteiger partial charge in [-0.05, 0) is 38.5 Å². The fourth-order valence-corrected chi connectivity index (χ4v) is 3.30. The van der Waals surface area contributed by atoms with Crippen LogP contribution in [0, 0.1) is 13.8 Å². The largest absolute Gasteiger partial charge is 0.497 e. The normalized spacial score (nSPS) is 13.0. The number of aromatic amines is 1. The zero-order valence-corrected chi connectivity index (χ0v) is 17.6. The number of nitrogens with one attached hydrogen (secondary N) is 2. The molecule has 0 bridgehead atoms. The minimum absolute atomic E-state index is 0.0549. The first-order chi connectivity index (χ1) is 13.2. The summed E-state index contributed by atoms with van der Waals surface area (Å²) in [6.07, 6.45) is 0. The number of esters is 1. The second-order valence-corrected chi connectivity index (χ2v) is 6.90. The number of quaternary nitrogens is 1. The molecule has 2 aromatic rings. The first-order valence-electron chi connectivity index (χ1n) is 9.10. The molecule has 0 spiro atoms. The number of hydrogen-bond donors (Lipinski definition) is 2. The topological polar surface area (TPSA) is 82.1 Å². The lowest BCUT2D eigenvalue weighted by molar-refractivity contribution is -0.907. The van der Waals surface area contributed by atoms with Gasteiger partial charge in [0.1, 0.15) is 18.0 Å². The molecule has 2 atom stereocenters. The minimum atomic E-state index is -0.443. The molecule has 1 unspecified atom stereocenters. The Balaban J connectivity index is 2.23. The molecule has 0 amide bonds. The van der Waals surface area contributed by atoms with Gasteiger partial charge in [0.25, 0.3) is 0 Å². The first-order valence-corrected chi connectivity index (χ1v) is 9.10. The number of ketones is 1. The van der Waals surface area contributed by atoms with Gasteiger partial charge in [-0.1, -0.05) is 0 Å². The maximum atomic E-state index is 13.1. The molecule has 0 saturated heterocycles. The second kappa shape index (κ2) is 8.93. The smallest absolute Gasteiger partial charge is 0.339 e. The summed E-state index contributed by atoms with van der Waals surface area (Å²) < 4.78 is 15.5. The number of likely N-dealkylation sites (N-methyl/N-ethyl adjacent to an activating group) is 1. The monoisotopic (exact) mass is 389 g/mol. The highest BCUT2D eigenvalue weighted by Crippen LogP contribution is 2.24. The highest BCUT2D eigenvalue weighted by molar-refractivity contribution is 6.03. The van der Waals surface area contributed by atoms with E-state index in [1.54, 1.807) is 28.1 Å². The molecule has 0 aliphatic heterocycles. The Hall–Kier alpha value is -2.80. The molecule has 0 aliphatic carbocycles. The van der Waals surface area contributed by atoms with E-state index in [-0.39, 0.29) is 11.8 Å². The van der Waals surface area contributed by atoms with Crippen molar-refractivity contribution in [3.63, 3.8) is 0 Å². The molecule has 0 radical (unpaired) electrons. The van der Waals surface area contributed by atoms with Crippen molar-refractivity contribution in [2.24, 2.45) is 0 Å². The lowest BCUT2D eigenvalue weighted by Gasteiger charge is -2.22. The summed E-state index contributed by atoms with van der Waals surface area (Å²) in [7, 11) is 6.51. The maximum Gasteiger partial charge on any atom is 0.339 e. The van der Waals surface area contributed by atoms with E-state index in [0.717, 1.165) is 22.0 Å². The quantitative estimate of drug-likeness (QED) is 0.531. The van der Waals surface area contributed by atoms with Crippen LogP contribution in [-0.4, -0.2) is 51.2 Å². The molecule has 2 N–H and O–H groups in total. The van der Waals surface area contributed by atoms with Crippen LogP contribution in [0.5, 0.6) is 11.5 Å². The van der Waals surface area contributed by atoms with Gasteiger partial charge in [-0.25, -0.2) is 4.79 Å². The predicted octanol–water partition coefficient (Wildman–Crippen LogP) is 1.72. The highest BCUT2D eigenvalue weighted by atomic mass is 16.5. The second-order valence-electron chi connectivity index (χ2n) is 6.90. The van der Waals surface area contributed by atoms with E-state index >= 15 is 0 Å². The number of rotatable bonds is 8. The number of Topliss-reactive ketones (excluding diaryl/α,β-unsaturated/α-hetero) is 1. The summed E-state index contributed by atoms with van der Waals surface area (Å²) in [5, 5.41) is 0. The van der Waals surface area contributed by atoms with E-state index in [1.807, 2.05) is 32.2 Å². The van der Waals surface area contributed by atoms with Crippen molar-refractivity contribution in [2.75, 3.05) is 28.4 Å². The molecule has 7 heteroatoms. The predicted molar refractivity (Wildman–Crippen MR) is 106 cm³/mol. The molecule has 0 saturated carbocycles. The molecule has 1 aromatic carbocycles. The molecule has 7 nitrogen and oxygen atoms in total. The summed E-state index contributed by atoms with van der Waals surface area (Å²) in [4.78, 5) is 29.1. The number of carbonyl (C=O) groups is 2. The third kappa shape index (κ3) is 4.20. The average Bonchev–Trinajstić information content (AvgIpc) is 3.00. The van der Waals surface area contributed by atoms with Crippen LogP contribution in [0.15, 0.2) is 18.2 Å². The summed E-state index contributed by atoms with van der Waals surface area (Å²) in [6, 6.07) is 5.32. The van der Waals surface area contributed by atoms with Crippen molar-refractivity contribution >= 4 is 11.8 Å². The van der Waals surface area contributed by atoms with Gasteiger partial charge in [-0.2, -0.15) is 0 Å². The number of methoxy groups -OCH3 is 3. The summed E-state index contributed by atoms with van der Waals surface area (Å²) in [5.74, 6) is 0.941. The number of H-pyrrole nitrogens is 1. The third-order valence-electron chi connectivity index (χ3n) is 5.17. The van der Waals surface area contributed by atoms with Gasteiger partial charge in [0.05, 0.1) is 39.6 Å². The fourth-order valence-electron chi connectivity index (χ4n) is 3.30. The number of benzene rings is 1. The van der Waals surface area contributed by atoms with E-state index in [0.29, 0.717) is 29.1 Å². The number of aromatic nitrogens is 1. The van der Waals surface area contributed by atoms with E-state index in [9.17, 15) is 9.59 Å².